The summed E-state index contributed by atoms with van der Waals surface area (Å²) < 4.78 is 0. The minimum absolute atomic E-state index is 0.242. The molecule has 1 atom stereocenters. The average Bonchev–Trinajstić information content (AvgIpc) is 2.81. The van der Waals surface area contributed by atoms with E-state index in [2.05, 4.69) is 25.1 Å². The predicted octanol–water partition coefficient (Wildman–Crippen LogP) is 4.80. The molecule has 1 aromatic heterocycles. The van der Waals surface area contributed by atoms with E-state index in [9.17, 15) is 4.79 Å². The number of Topliss-reactive ketones (excluding diaryl/α,β-unsaturated/α-hetero) is 1. The standard InChI is InChI=1S/C14H19NO.C2H6/c1-5-12-13(9-15-14(12)6-2)10(3)7-8-11(4)16;1-2/h5-6,9-10,15H,1-2,7-8H2,3-4H3;1-2H3. The molecule has 1 aromatic rings. The van der Waals surface area contributed by atoms with Gasteiger partial charge in [0.2, 0.25) is 0 Å². The van der Waals surface area contributed by atoms with Crippen molar-refractivity contribution in [3.63, 3.8) is 0 Å². The van der Waals surface area contributed by atoms with Crippen LogP contribution in [0, 0.1) is 0 Å². The minimum atomic E-state index is 0.242. The van der Waals surface area contributed by atoms with Crippen molar-refractivity contribution in [2.24, 2.45) is 0 Å². The smallest absolute Gasteiger partial charge is 0.129 e. The maximum atomic E-state index is 11.0. The van der Waals surface area contributed by atoms with Gasteiger partial charge in [0.25, 0.3) is 0 Å². The van der Waals surface area contributed by atoms with E-state index in [-0.39, 0.29) is 5.78 Å². The molecule has 2 heteroatoms. The van der Waals surface area contributed by atoms with E-state index >= 15 is 0 Å². The fourth-order valence-electron chi connectivity index (χ4n) is 1.85. The second-order valence-corrected chi connectivity index (χ2v) is 4.12. The van der Waals surface area contributed by atoms with E-state index < -0.39 is 0 Å². The van der Waals surface area contributed by atoms with Gasteiger partial charge in [-0.3, -0.25) is 0 Å². The first kappa shape index (κ1) is 16.4. The van der Waals surface area contributed by atoms with Crippen LogP contribution in [0.15, 0.2) is 19.4 Å². The fourth-order valence-corrected chi connectivity index (χ4v) is 1.85. The highest BCUT2D eigenvalue weighted by Gasteiger charge is 2.13. The molecule has 0 saturated heterocycles. The number of rotatable bonds is 6. The van der Waals surface area contributed by atoms with Crippen molar-refractivity contribution in [1.82, 2.24) is 4.98 Å². The second-order valence-electron chi connectivity index (χ2n) is 4.12. The van der Waals surface area contributed by atoms with E-state index in [1.807, 2.05) is 26.1 Å². The lowest BCUT2D eigenvalue weighted by Gasteiger charge is -2.10. The predicted molar refractivity (Wildman–Crippen MR) is 80.7 cm³/mol. The molecule has 0 saturated carbocycles. The lowest BCUT2D eigenvalue weighted by molar-refractivity contribution is -0.117. The summed E-state index contributed by atoms with van der Waals surface area (Å²) in [4.78, 5) is 14.1. The fraction of sp³-hybridized carbons (Fsp3) is 0.438. The summed E-state index contributed by atoms with van der Waals surface area (Å²) >= 11 is 0. The molecule has 1 N–H and O–H groups in total. The Kier molecular flexibility index (Phi) is 7.77. The van der Waals surface area contributed by atoms with Crippen molar-refractivity contribution in [2.45, 2.75) is 46.5 Å². The molecule has 0 aliphatic heterocycles. The number of ketones is 1. The van der Waals surface area contributed by atoms with Gasteiger partial charge in [-0.2, -0.15) is 0 Å². The molecule has 0 aromatic carbocycles. The van der Waals surface area contributed by atoms with Gasteiger partial charge >= 0.3 is 0 Å². The Morgan fingerprint density at radius 2 is 2.00 bits per heavy atom. The third kappa shape index (κ3) is 4.36. The van der Waals surface area contributed by atoms with Crippen LogP contribution in [0.5, 0.6) is 0 Å². The number of nitrogens with one attached hydrogen (secondary N) is 1. The number of H-pyrrole nitrogens is 1. The molecule has 1 unspecified atom stereocenters. The van der Waals surface area contributed by atoms with Crippen LogP contribution in [0.4, 0.5) is 0 Å². The highest BCUT2D eigenvalue weighted by atomic mass is 16.1. The van der Waals surface area contributed by atoms with Crippen molar-refractivity contribution >= 4 is 17.9 Å². The molecule has 0 aliphatic rings. The van der Waals surface area contributed by atoms with Crippen molar-refractivity contribution < 1.29 is 4.79 Å². The topological polar surface area (TPSA) is 32.9 Å². The summed E-state index contributed by atoms with van der Waals surface area (Å²) in [7, 11) is 0. The van der Waals surface area contributed by atoms with Gasteiger partial charge in [-0.1, -0.05) is 40.0 Å². The molecular formula is C16H25NO. The van der Waals surface area contributed by atoms with E-state index in [1.54, 1.807) is 13.0 Å². The van der Waals surface area contributed by atoms with Gasteiger partial charge in [-0.15, -0.1) is 0 Å². The van der Waals surface area contributed by atoms with Crippen LogP contribution in [0.25, 0.3) is 12.2 Å². The minimum Gasteiger partial charge on any atom is -0.361 e. The second kappa shape index (κ2) is 8.51. The summed E-state index contributed by atoms with van der Waals surface area (Å²) in [5.41, 5.74) is 3.32. The maximum Gasteiger partial charge on any atom is 0.129 e. The van der Waals surface area contributed by atoms with Crippen molar-refractivity contribution in [1.29, 1.82) is 0 Å². The molecule has 1 rings (SSSR count). The summed E-state index contributed by atoms with van der Waals surface area (Å²) in [5, 5.41) is 0. The van der Waals surface area contributed by atoms with E-state index in [0.717, 1.165) is 17.7 Å². The molecule has 0 aliphatic carbocycles. The Morgan fingerprint density at radius 1 is 1.39 bits per heavy atom. The first-order valence-electron chi connectivity index (χ1n) is 6.55. The number of aromatic amines is 1. The van der Waals surface area contributed by atoms with Crippen molar-refractivity contribution in [3.05, 3.63) is 36.2 Å². The largest absolute Gasteiger partial charge is 0.361 e. The molecule has 0 bridgehead atoms. The van der Waals surface area contributed by atoms with Crippen LogP contribution in [-0.4, -0.2) is 10.8 Å². The van der Waals surface area contributed by atoms with Gasteiger partial charge in [-0.25, -0.2) is 0 Å². The van der Waals surface area contributed by atoms with Crippen LogP contribution < -0.4 is 0 Å². The first-order chi connectivity index (χ1) is 8.60. The first-order valence-corrected chi connectivity index (χ1v) is 6.55. The number of carbonyl (C=O) groups excluding carboxylic acids is 1. The Hall–Kier alpha value is -1.57. The summed E-state index contributed by atoms with van der Waals surface area (Å²) in [5.74, 6) is 0.605. The molecule has 0 spiro atoms. The van der Waals surface area contributed by atoms with Crippen molar-refractivity contribution in [3.8, 4) is 0 Å². The number of hydrogen-bond acceptors (Lipinski definition) is 1. The molecule has 100 valence electrons. The van der Waals surface area contributed by atoms with Gasteiger partial charge in [0, 0.05) is 23.9 Å². The third-order valence-corrected chi connectivity index (χ3v) is 2.85. The van der Waals surface area contributed by atoms with Gasteiger partial charge in [-0.05, 0) is 30.9 Å². The highest BCUT2D eigenvalue weighted by Crippen LogP contribution is 2.27. The molecule has 0 fully saturated rings. The zero-order chi connectivity index (χ0) is 14.1. The molecule has 18 heavy (non-hydrogen) atoms. The zero-order valence-electron chi connectivity index (χ0n) is 12.0. The van der Waals surface area contributed by atoms with Gasteiger partial charge in [0.05, 0.1) is 0 Å². The van der Waals surface area contributed by atoms with Crippen LogP contribution in [-0.2, 0) is 4.79 Å². The summed E-state index contributed by atoms with van der Waals surface area (Å²) in [6.45, 7) is 15.3. The van der Waals surface area contributed by atoms with Crippen LogP contribution in [0.2, 0.25) is 0 Å². The molecule has 0 amide bonds. The van der Waals surface area contributed by atoms with Gasteiger partial charge in [0.15, 0.2) is 0 Å². The number of aromatic nitrogens is 1. The zero-order valence-corrected chi connectivity index (χ0v) is 12.0. The highest BCUT2D eigenvalue weighted by molar-refractivity contribution is 5.75. The molecular weight excluding hydrogens is 222 g/mol. The van der Waals surface area contributed by atoms with Crippen molar-refractivity contribution in [2.75, 3.05) is 0 Å². The third-order valence-electron chi connectivity index (χ3n) is 2.85. The number of carbonyl (C=O) groups is 1. The van der Waals surface area contributed by atoms with E-state index in [1.165, 1.54) is 5.56 Å². The van der Waals surface area contributed by atoms with Crippen LogP contribution in [0.1, 0.15) is 63.3 Å². The van der Waals surface area contributed by atoms with Gasteiger partial charge < -0.3 is 9.78 Å². The summed E-state index contributed by atoms with van der Waals surface area (Å²) in [6.07, 6.45) is 7.13. The van der Waals surface area contributed by atoms with E-state index in [0.29, 0.717) is 12.3 Å². The van der Waals surface area contributed by atoms with Crippen LogP contribution >= 0.6 is 0 Å². The number of hydrogen-bond donors (Lipinski definition) is 1. The maximum absolute atomic E-state index is 11.0. The normalized spacial score (nSPS) is 11.1. The molecule has 1 heterocycles. The Balaban J connectivity index is 0.00000137. The summed E-state index contributed by atoms with van der Waals surface area (Å²) in [6, 6.07) is 0. The monoisotopic (exact) mass is 247 g/mol. The Bertz CT molecular complexity index is 401. The quantitative estimate of drug-likeness (QED) is 0.769. The Labute approximate surface area is 111 Å². The Morgan fingerprint density at radius 3 is 2.44 bits per heavy atom. The molecule has 0 radical (unpaired) electrons. The average molecular weight is 247 g/mol. The lowest BCUT2D eigenvalue weighted by atomic mass is 9.93. The lowest BCUT2D eigenvalue weighted by Crippen LogP contribution is -1.98. The SMILES string of the molecule is C=Cc1[nH]cc(C(C)CCC(C)=O)c1C=C.CC. The van der Waals surface area contributed by atoms with E-state index in [4.69, 9.17) is 0 Å². The molecule has 2 nitrogen and oxygen atoms in total. The van der Waals surface area contributed by atoms with Crippen LogP contribution in [0.3, 0.4) is 0 Å². The van der Waals surface area contributed by atoms with Gasteiger partial charge in [0.1, 0.15) is 5.78 Å².